The fourth-order valence-corrected chi connectivity index (χ4v) is 2.54. The third-order valence-corrected chi connectivity index (χ3v) is 4.15. The molecule has 3 unspecified atom stereocenters. The second kappa shape index (κ2) is 4.79. The molecule has 2 N–H and O–H groups in total. The Hall–Kier alpha value is -0.490. The predicted octanol–water partition coefficient (Wildman–Crippen LogP) is 1.33. The lowest BCUT2D eigenvalue weighted by atomic mass is 9.96. The van der Waals surface area contributed by atoms with E-state index in [0.717, 1.165) is 5.01 Å². The molecule has 0 spiro atoms. The molecule has 0 saturated carbocycles. The fraction of sp³-hybridized carbons (Fsp3) is 0.727. The average molecular weight is 242 g/mol. The molecule has 1 aliphatic rings. The number of nitrogens with zero attached hydrogens (tertiary/aromatic N) is 1. The second-order valence-corrected chi connectivity index (χ2v) is 5.27. The van der Waals surface area contributed by atoms with Crippen molar-refractivity contribution in [1.29, 1.82) is 0 Å². The van der Waals surface area contributed by atoms with Crippen LogP contribution in [0.5, 0.6) is 0 Å². The van der Waals surface area contributed by atoms with Crippen LogP contribution in [0.4, 0.5) is 0 Å². The van der Waals surface area contributed by atoms with Crippen molar-refractivity contribution in [2.75, 3.05) is 13.2 Å². The molecule has 3 atom stereocenters. The molecule has 0 radical (unpaired) electrons. The van der Waals surface area contributed by atoms with Crippen molar-refractivity contribution in [2.24, 2.45) is 0 Å². The summed E-state index contributed by atoms with van der Waals surface area (Å²) in [5.41, 5.74) is -0.731. The lowest BCUT2D eigenvalue weighted by Crippen LogP contribution is -2.46. The monoisotopic (exact) mass is 242 g/mol. The van der Waals surface area contributed by atoms with Crippen LogP contribution in [0.15, 0.2) is 11.6 Å². The van der Waals surface area contributed by atoms with Crippen LogP contribution >= 0.6 is 11.3 Å². The van der Waals surface area contributed by atoms with Crippen LogP contribution in [0.2, 0.25) is 0 Å². The van der Waals surface area contributed by atoms with Gasteiger partial charge in [-0.1, -0.05) is 0 Å². The van der Waals surface area contributed by atoms with E-state index in [4.69, 9.17) is 4.74 Å². The first-order valence-corrected chi connectivity index (χ1v) is 6.46. The number of thiazole rings is 1. The molecule has 1 fully saturated rings. The van der Waals surface area contributed by atoms with Gasteiger partial charge in [-0.15, -0.1) is 11.3 Å². The summed E-state index contributed by atoms with van der Waals surface area (Å²) in [7, 11) is 0. The van der Waals surface area contributed by atoms with E-state index in [2.05, 4.69) is 17.2 Å². The lowest BCUT2D eigenvalue weighted by molar-refractivity contribution is -0.0274. The Labute approximate surface area is 99.7 Å². The van der Waals surface area contributed by atoms with Gasteiger partial charge >= 0.3 is 0 Å². The molecule has 0 aliphatic carbocycles. The number of aliphatic hydroxyl groups is 1. The zero-order valence-corrected chi connectivity index (χ0v) is 10.5. The largest absolute Gasteiger partial charge is 0.386 e. The van der Waals surface area contributed by atoms with E-state index in [9.17, 15) is 5.11 Å². The Bertz CT molecular complexity index is 331. The van der Waals surface area contributed by atoms with Gasteiger partial charge in [0.1, 0.15) is 10.6 Å². The third kappa shape index (κ3) is 2.43. The molecule has 1 aliphatic heterocycles. The standard InChI is InChI=1S/C11H18N2O2S/c1-8(10-12-4-6-16-10)13-7-11(14)3-5-15-9(11)2/h4,6,8-9,13-14H,3,5,7H2,1-2H3. The molecule has 0 aromatic carbocycles. The molecular weight excluding hydrogens is 224 g/mol. The van der Waals surface area contributed by atoms with E-state index in [-0.39, 0.29) is 12.1 Å². The van der Waals surface area contributed by atoms with Gasteiger partial charge in [0.25, 0.3) is 0 Å². The molecule has 1 saturated heterocycles. The van der Waals surface area contributed by atoms with Crippen LogP contribution in [0.3, 0.4) is 0 Å². The first-order chi connectivity index (χ1) is 7.62. The van der Waals surface area contributed by atoms with E-state index in [1.165, 1.54) is 0 Å². The summed E-state index contributed by atoms with van der Waals surface area (Å²) in [6.07, 6.45) is 2.41. The first kappa shape index (κ1) is 12.0. The highest BCUT2D eigenvalue weighted by Crippen LogP contribution is 2.26. The zero-order chi connectivity index (χ0) is 11.6. The number of hydrogen-bond donors (Lipinski definition) is 2. The number of nitrogens with one attached hydrogen (secondary N) is 1. The van der Waals surface area contributed by atoms with Gasteiger partial charge < -0.3 is 15.2 Å². The molecule has 0 bridgehead atoms. The van der Waals surface area contributed by atoms with Crippen molar-refractivity contribution < 1.29 is 9.84 Å². The van der Waals surface area contributed by atoms with E-state index in [1.54, 1.807) is 17.5 Å². The molecule has 5 heteroatoms. The lowest BCUT2D eigenvalue weighted by Gasteiger charge is -2.27. The van der Waals surface area contributed by atoms with Crippen molar-refractivity contribution >= 4 is 11.3 Å². The minimum atomic E-state index is -0.731. The molecule has 90 valence electrons. The Kier molecular flexibility index (Phi) is 3.59. The Balaban J connectivity index is 1.87. The summed E-state index contributed by atoms with van der Waals surface area (Å²) in [6, 6.07) is 0.178. The summed E-state index contributed by atoms with van der Waals surface area (Å²) >= 11 is 1.63. The van der Waals surface area contributed by atoms with Gasteiger partial charge in [-0.2, -0.15) is 0 Å². The van der Waals surface area contributed by atoms with E-state index in [0.29, 0.717) is 19.6 Å². The summed E-state index contributed by atoms with van der Waals surface area (Å²) < 4.78 is 5.39. The van der Waals surface area contributed by atoms with Gasteiger partial charge in [0, 0.05) is 31.1 Å². The summed E-state index contributed by atoms with van der Waals surface area (Å²) in [4.78, 5) is 4.25. The van der Waals surface area contributed by atoms with Crippen molar-refractivity contribution in [1.82, 2.24) is 10.3 Å². The van der Waals surface area contributed by atoms with Crippen LogP contribution in [-0.2, 0) is 4.74 Å². The van der Waals surface area contributed by atoms with Crippen LogP contribution in [0.25, 0.3) is 0 Å². The molecule has 0 amide bonds. The second-order valence-electron chi connectivity index (χ2n) is 4.34. The van der Waals surface area contributed by atoms with Crippen LogP contribution < -0.4 is 5.32 Å². The smallest absolute Gasteiger partial charge is 0.109 e. The first-order valence-electron chi connectivity index (χ1n) is 5.58. The minimum absolute atomic E-state index is 0.0940. The highest BCUT2D eigenvalue weighted by molar-refractivity contribution is 7.09. The summed E-state index contributed by atoms with van der Waals surface area (Å²) in [5.74, 6) is 0. The molecular formula is C11H18N2O2S. The number of ether oxygens (including phenoxy) is 1. The van der Waals surface area contributed by atoms with Crippen molar-refractivity contribution in [3.8, 4) is 0 Å². The Morgan fingerprint density at radius 1 is 1.81 bits per heavy atom. The summed E-state index contributed by atoms with van der Waals surface area (Å²) in [6.45, 7) is 5.17. The van der Waals surface area contributed by atoms with Crippen LogP contribution in [-0.4, -0.2) is 34.9 Å². The molecule has 4 nitrogen and oxygen atoms in total. The van der Waals surface area contributed by atoms with Gasteiger partial charge in [0.15, 0.2) is 0 Å². The molecule has 1 aromatic rings. The highest BCUT2D eigenvalue weighted by atomic mass is 32.1. The maximum absolute atomic E-state index is 10.3. The number of hydrogen-bond acceptors (Lipinski definition) is 5. The highest BCUT2D eigenvalue weighted by Gasteiger charge is 2.39. The molecule has 2 heterocycles. The Morgan fingerprint density at radius 2 is 2.62 bits per heavy atom. The normalized spacial score (nSPS) is 31.8. The van der Waals surface area contributed by atoms with Gasteiger partial charge in [-0.25, -0.2) is 4.98 Å². The van der Waals surface area contributed by atoms with Gasteiger partial charge in [-0.05, 0) is 13.8 Å². The Morgan fingerprint density at radius 3 is 3.19 bits per heavy atom. The fourth-order valence-electron chi connectivity index (χ4n) is 1.87. The number of rotatable bonds is 4. The van der Waals surface area contributed by atoms with Crippen molar-refractivity contribution in [3.05, 3.63) is 16.6 Å². The average Bonchev–Trinajstić information content (AvgIpc) is 2.87. The predicted molar refractivity (Wildman–Crippen MR) is 63.5 cm³/mol. The molecule has 1 aromatic heterocycles. The van der Waals surface area contributed by atoms with E-state index in [1.807, 2.05) is 12.3 Å². The van der Waals surface area contributed by atoms with Crippen molar-refractivity contribution in [2.45, 2.75) is 38.0 Å². The quantitative estimate of drug-likeness (QED) is 0.836. The maximum Gasteiger partial charge on any atom is 0.109 e. The van der Waals surface area contributed by atoms with Crippen LogP contribution in [0, 0.1) is 0 Å². The van der Waals surface area contributed by atoms with Gasteiger partial charge in [-0.3, -0.25) is 0 Å². The summed E-state index contributed by atoms with van der Waals surface area (Å²) in [5, 5.41) is 16.6. The topological polar surface area (TPSA) is 54.4 Å². The zero-order valence-electron chi connectivity index (χ0n) is 9.64. The SMILES string of the molecule is CC(NCC1(O)CCOC1C)c1nccs1. The molecule has 16 heavy (non-hydrogen) atoms. The van der Waals surface area contributed by atoms with E-state index >= 15 is 0 Å². The molecule has 2 rings (SSSR count). The minimum Gasteiger partial charge on any atom is -0.386 e. The van der Waals surface area contributed by atoms with Crippen molar-refractivity contribution in [3.63, 3.8) is 0 Å². The van der Waals surface area contributed by atoms with E-state index < -0.39 is 5.60 Å². The third-order valence-electron chi connectivity index (χ3n) is 3.20. The van der Waals surface area contributed by atoms with Gasteiger partial charge in [0.05, 0.1) is 12.1 Å². The maximum atomic E-state index is 10.3. The van der Waals surface area contributed by atoms with Gasteiger partial charge in [0.2, 0.25) is 0 Å². The number of aromatic nitrogens is 1. The van der Waals surface area contributed by atoms with Crippen LogP contribution in [0.1, 0.15) is 31.3 Å².